The number of amides is 2. The van der Waals surface area contributed by atoms with E-state index < -0.39 is 0 Å². The van der Waals surface area contributed by atoms with Crippen molar-refractivity contribution < 1.29 is 29.4 Å². The normalized spacial score (nSPS) is 21.1. The maximum absolute atomic E-state index is 12.6. The Kier molecular flexibility index (Phi) is 13.4. The molecule has 34 heavy (non-hydrogen) atoms. The van der Waals surface area contributed by atoms with Gasteiger partial charge in [0.25, 0.3) is 12.9 Å². The average molecular weight is 499 g/mol. The van der Waals surface area contributed by atoms with Gasteiger partial charge in [0.2, 0.25) is 11.8 Å². The number of rotatable bonds is 9. The number of fused-ring (bicyclic) bond motifs is 1. The summed E-state index contributed by atoms with van der Waals surface area (Å²) in [6.07, 6.45) is 2.69. The molecule has 2 atom stereocenters. The first kappa shape index (κ1) is 29.5. The molecule has 0 bridgehead atoms. The summed E-state index contributed by atoms with van der Waals surface area (Å²) in [5, 5.41) is 18.8. The molecule has 2 saturated heterocycles. The van der Waals surface area contributed by atoms with E-state index in [0.29, 0.717) is 31.3 Å². The summed E-state index contributed by atoms with van der Waals surface area (Å²) in [6.45, 7) is 7.09. The summed E-state index contributed by atoms with van der Waals surface area (Å²) in [5.74, 6) is 0.837. The van der Waals surface area contributed by atoms with Gasteiger partial charge >= 0.3 is 0 Å². The molecule has 2 aliphatic heterocycles. The lowest BCUT2D eigenvalue weighted by molar-refractivity contribution is -0.131. The first-order valence-corrected chi connectivity index (χ1v) is 12.2. The number of nitrogens with one attached hydrogen (secondary N) is 1. The zero-order valence-electron chi connectivity index (χ0n) is 20.3. The molecule has 2 aliphatic rings. The molecule has 0 aliphatic carbocycles. The summed E-state index contributed by atoms with van der Waals surface area (Å²) in [6, 6.07) is 4.05. The van der Waals surface area contributed by atoms with Crippen LogP contribution in [-0.2, 0) is 25.7 Å². The van der Waals surface area contributed by atoms with E-state index in [1.165, 1.54) is 4.88 Å². The van der Waals surface area contributed by atoms with Gasteiger partial charge < -0.3 is 25.3 Å². The minimum Gasteiger partial charge on any atom is -0.483 e. The van der Waals surface area contributed by atoms with Crippen LogP contribution in [0, 0.1) is 11.3 Å². The third kappa shape index (κ3) is 9.40. The lowest BCUT2D eigenvalue weighted by atomic mass is 9.80. The lowest BCUT2D eigenvalue weighted by Gasteiger charge is -2.32. The zero-order valence-corrected chi connectivity index (χ0v) is 21.1. The molecule has 0 saturated carbocycles. The Bertz CT molecular complexity index is 755. The van der Waals surface area contributed by atoms with Gasteiger partial charge in [-0.25, -0.2) is 0 Å². The van der Waals surface area contributed by atoms with E-state index >= 15 is 0 Å². The molecule has 11 heteroatoms. The van der Waals surface area contributed by atoms with Gasteiger partial charge in [-0.15, -0.1) is 11.3 Å². The van der Waals surface area contributed by atoms with Gasteiger partial charge in [-0.2, -0.15) is 0 Å². The molecule has 3 heterocycles. The molecule has 0 aromatic carbocycles. The fourth-order valence-electron chi connectivity index (χ4n) is 4.80. The molecule has 1 aromatic heterocycles. The molecule has 2 amide bonds. The number of unbranched alkanes of at least 4 members (excludes halogenated alkanes) is 1. The number of carboxylic acid groups (broad SMARTS) is 2. The van der Waals surface area contributed by atoms with Gasteiger partial charge in [0, 0.05) is 49.4 Å². The van der Waals surface area contributed by atoms with E-state index in [9.17, 15) is 9.59 Å². The number of carbonyl (C=O) groups is 4. The molecule has 10 nitrogen and oxygen atoms in total. The SMILES string of the molecule is CCCCC(=O)N1C[C@@H]2CN(CC(=O)NCc3cccs3)C[C@]2(CN(C)C)C1.O=CO.O=CO. The van der Waals surface area contributed by atoms with Crippen molar-refractivity contribution in [2.75, 3.05) is 53.4 Å². The molecule has 192 valence electrons. The molecule has 2 fully saturated rings. The van der Waals surface area contributed by atoms with Gasteiger partial charge in [-0.3, -0.25) is 24.1 Å². The average Bonchev–Trinajstić information content (AvgIpc) is 3.46. The van der Waals surface area contributed by atoms with E-state index in [1.54, 1.807) is 11.3 Å². The zero-order chi connectivity index (χ0) is 25.6. The van der Waals surface area contributed by atoms with Crippen molar-refractivity contribution in [2.45, 2.75) is 32.7 Å². The maximum Gasteiger partial charge on any atom is 0.290 e. The Morgan fingerprint density at radius 3 is 2.47 bits per heavy atom. The van der Waals surface area contributed by atoms with Crippen molar-refractivity contribution in [1.29, 1.82) is 0 Å². The highest BCUT2D eigenvalue weighted by molar-refractivity contribution is 7.09. The van der Waals surface area contributed by atoms with Crippen LogP contribution < -0.4 is 5.32 Å². The molecule has 3 N–H and O–H groups in total. The van der Waals surface area contributed by atoms with E-state index in [-0.39, 0.29) is 24.3 Å². The largest absolute Gasteiger partial charge is 0.483 e. The first-order chi connectivity index (χ1) is 16.2. The Labute approximate surface area is 205 Å². The highest BCUT2D eigenvalue weighted by Gasteiger charge is 2.53. The topological polar surface area (TPSA) is 130 Å². The predicted octanol–water partition coefficient (Wildman–Crippen LogP) is 1.28. The van der Waals surface area contributed by atoms with Crippen LogP contribution in [-0.4, -0.2) is 103 Å². The van der Waals surface area contributed by atoms with Gasteiger partial charge in [0.15, 0.2) is 0 Å². The number of likely N-dealkylation sites (tertiary alicyclic amines) is 2. The monoisotopic (exact) mass is 498 g/mol. The van der Waals surface area contributed by atoms with Crippen molar-refractivity contribution in [3.63, 3.8) is 0 Å². The quantitative estimate of drug-likeness (QED) is 0.434. The van der Waals surface area contributed by atoms with Crippen molar-refractivity contribution >= 4 is 36.1 Å². The summed E-state index contributed by atoms with van der Waals surface area (Å²) >= 11 is 1.66. The summed E-state index contributed by atoms with van der Waals surface area (Å²) in [7, 11) is 4.20. The minimum absolute atomic E-state index is 0.0827. The minimum atomic E-state index is -0.250. The highest BCUT2D eigenvalue weighted by Crippen LogP contribution is 2.43. The third-order valence-electron chi connectivity index (χ3n) is 5.96. The van der Waals surface area contributed by atoms with Crippen LogP contribution >= 0.6 is 11.3 Å². The van der Waals surface area contributed by atoms with Crippen LogP contribution in [0.3, 0.4) is 0 Å². The number of carbonyl (C=O) groups excluding carboxylic acids is 2. The summed E-state index contributed by atoms with van der Waals surface area (Å²) < 4.78 is 0. The van der Waals surface area contributed by atoms with Crippen molar-refractivity contribution in [2.24, 2.45) is 11.3 Å². The van der Waals surface area contributed by atoms with Gasteiger partial charge in [0.1, 0.15) is 0 Å². The number of hydrogen-bond acceptors (Lipinski definition) is 7. The van der Waals surface area contributed by atoms with E-state index in [1.807, 2.05) is 17.5 Å². The lowest BCUT2D eigenvalue weighted by Crippen LogP contribution is -2.44. The second kappa shape index (κ2) is 15.4. The van der Waals surface area contributed by atoms with Crippen LogP contribution in [0.4, 0.5) is 0 Å². The second-order valence-corrected chi connectivity index (χ2v) is 9.94. The predicted molar refractivity (Wildman–Crippen MR) is 131 cm³/mol. The number of hydrogen-bond donors (Lipinski definition) is 3. The molecule has 3 rings (SSSR count). The van der Waals surface area contributed by atoms with Crippen molar-refractivity contribution in [3.05, 3.63) is 22.4 Å². The van der Waals surface area contributed by atoms with Gasteiger partial charge in [-0.1, -0.05) is 19.4 Å². The third-order valence-corrected chi connectivity index (χ3v) is 6.84. The summed E-state index contributed by atoms with van der Waals surface area (Å²) in [5.41, 5.74) is 0.0827. The highest BCUT2D eigenvalue weighted by atomic mass is 32.1. The molecule has 0 spiro atoms. The number of thiophene rings is 1. The first-order valence-electron chi connectivity index (χ1n) is 11.3. The van der Waals surface area contributed by atoms with Crippen LogP contribution in [0.15, 0.2) is 17.5 Å². The number of nitrogens with zero attached hydrogens (tertiary/aromatic N) is 3. The second-order valence-electron chi connectivity index (χ2n) is 8.91. The van der Waals surface area contributed by atoms with Gasteiger partial charge in [-0.05, 0) is 37.9 Å². The summed E-state index contributed by atoms with van der Waals surface area (Å²) in [4.78, 5) is 49.5. The smallest absolute Gasteiger partial charge is 0.290 e. The van der Waals surface area contributed by atoms with Crippen LogP contribution in [0.25, 0.3) is 0 Å². The fourth-order valence-corrected chi connectivity index (χ4v) is 5.44. The Morgan fingerprint density at radius 1 is 1.24 bits per heavy atom. The molecular weight excluding hydrogens is 460 g/mol. The Hall–Kier alpha value is -2.50. The van der Waals surface area contributed by atoms with E-state index in [0.717, 1.165) is 45.6 Å². The molecule has 0 radical (unpaired) electrons. The van der Waals surface area contributed by atoms with Crippen LogP contribution in [0.1, 0.15) is 31.1 Å². The molecular formula is C23H38N4O6S. The molecule has 0 unspecified atom stereocenters. The van der Waals surface area contributed by atoms with Gasteiger partial charge in [0.05, 0.1) is 13.1 Å². The van der Waals surface area contributed by atoms with Crippen molar-refractivity contribution in [3.8, 4) is 0 Å². The Morgan fingerprint density at radius 2 is 1.91 bits per heavy atom. The van der Waals surface area contributed by atoms with Crippen LogP contribution in [0.5, 0.6) is 0 Å². The van der Waals surface area contributed by atoms with E-state index in [4.69, 9.17) is 19.8 Å². The fraction of sp³-hybridized carbons (Fsp3) is 0.652. The van der Waals surface area contributed by atoms with Crippen molar-refractivity contribution in [1.82, 2.24) is 20.0 Å². The van der Waals surface area contributed by atoms with Crippen LogP contribution in [0.2, 0.25) is 0 Å². The van der Waals surface area contributed by atoms with E-state index in [2.05, 4.69) is 41.0 Å². The standard InChI is InChI=1S/C21H34N4O2S.2CH2O2/c1-4-5-8-20(27)25-12-17-11-24(15-21(17,16-25)14-23(2)3)13-19(26)22-10-18-7-6-9-28-18;2*2-1-3/h6-7,9,17H,4-5,8,10-16H2,1-3H3,(H,22,26);2*1H,(H,2,3)/t17-,21+;;/m0../s1. The molecule has 1 aromatic rings. The Balaban J connectivity index is 0.000000872. The maximum atomic E-state index is 12.6.